The Balaban J connectivity index is 1.54. The zero-order valence-electron chi connectivity index (χ0n) is 19.4. The van der Waals surface area contributed by atoms with Crippen LogP contribution in [0.4, 0.5) is 11.4 Å². The fourth-order valence-electron chi connectivity index (χ4n) is 3.17. The molecular weight excluding hydrogens is 522 g/mol. The van der Waals surface area contributed by atoms with E-state index in [0.29, 0.717) is 27.1 Å². The maximum Gasteiger partial charge on any atom is 0.339 e. The molecule has 1 saturated heterocycles. The van der Waals surface area contributed by atoms with Gasteiger partial charge in [-0.25, -0.2) is 4.99 Å². The van der Waals surface area contributed by atoms with Gasteiger partial charge in [0.05, 0.1) is 29.7 Å². The van der Waals surface area contributed by atoms with Gasteiger partial charge in [-0.05, 0) is 65.9 Å². The Labute approximate surface area is 216 Å². The van der Waals surface area contributed by atoms with Crippen molar-refractivity contribution in [2.45, 2.75) is 4.90 Å². The number of thioether (sulfide) groups is 1. The third-order valence-electron chi connectivity index (χ3n) is 4.96. The van der Waals surface area contributed by atoms with Gasteiger partial charge in [0.2, 0.25) is 0 Å². The van der Waals surface area contributed by atoms with E-state index in [-0.39, 0.29) is 28.0 Å². The lowest BCUT2D eigenvalue weighted by molar-refractivity contribution is -0.385. The van der Waals surface area contributed by atoms with Crippen molar-refractivity contribution in [3.05, 3.63) is 87.3 Å². The number of ether oxygens (including phenoxy) is 2. The van der Waals surface area contributed by atoms with E-state index in [2.05, 4.69) is 10.3 Å². The lowest BCUT2D eigenvalue weighted by Gasteiger charge is -2.11. The molecule has 0 unspecified atom stereocenters. The van der Waals surface area contributed by atoms with Crippen LogP contribution in [0.1, 0.15) is 5.56 Å². The normalized spacial score (nSPS) is 15.5. The van der Waals surface area contributed by atoms with Gasteiger partial charge in [0.25, 0.3) is 11.6 Å². The summed E-state index contributed by atoms with van der Waals surface area (Å²) in [5, 5.41) is 14.1. The molecule has 1 fully saturated rings. The highest BCUT2D eigenvalue weighted by Gasteiger charge is 2.25. The smallest absolute Gasteiger partial charge is 0.339 e. The predicted octanol–water partition coefficient (Wildman–Crippen LogP) is 4.27. The second kappa shape index (κ2) is 10.7. The summed E-state index contributed by atoms with van der Waals surface area (Å²) in [5.41, 5.74) is 0.791. The van der Waals surface area contributed by atoms with E-state index in [0.717, 1.165) is 17.8 Å². The first-order chi connectivity index (χ1) is 17.7. The minimum absolute atomic E-state index is 0.0823. The predicted molar refractivity (Wildman–Crippen MR) is 138 cm³/mol. The van der Waals surface area contributed by atoms with Crippen LogP contribution in [0, 0.1) is 10.1 Å². The van der Waals surface area contributed by atoms with E-state index < -0.39 is 15.0 Å². The summed E-state index contributed by atoms with van der Waals surface area (Å²) in [4.78, 5) is 27.1. The molecule has 0 saturated carbocycles. The monoisotopic (exact) mass is 541 g/mol. The van der Waals surface area contributed by atoms with Crippen LogP contribution in [0.5, 0.6) is 17.2 Å². The molecule has 1 N–H and O–H groups in total. The Kier molecular flexibility index (Phi) is 7.45. The lowest BCUT2D eigenvalue weighted by atomic mass is 10.2. The number of nitro groups is 1. The molecule has 0 aromatic heterocycles. The summed E-state index contributed by atoms with van der Waals surface area (Å²) in [5.74, 6) is 0.303. The molecule has 1 heterocycles. The fraction of sp³-hybridized carbons (Fsp3) is 0.0833. The Morgan fingerprint density at radius 1 is 1.00 bits per heavy atom. The van der Waals surface area contributed by atoms with Gasteiger partial charge in [-0.15, -0.1) is 0 Å². The van der Waals surface area contributed by atoms with Crippen molar-refractivity contribution >= 4 is 50.4 Å². The summed E-state index contributed by atoms with van der Waals surface area (Å²) in [6, 6.07) is 15.9. The molecule has 0 atom stereocenters. The van der Waals surface area contributed by atoms with Gasteiger partial charge in [0.15, 0.2) is 16.7 Å². The standard InChI is InChI=1S/C24H19N3O8S2/c1-33-18-9-7-16(8-10-18)25-24-26-23(28)22(36-24)13-15-6-11-20(21(12-15)34-2)35-37(31,32)19-5-3-4-17(14-19)27(29)30/h3-14H,1-2H3,(H,25,26,28)/b22-13-. The quantitative estimate of drug-likeness (QED) is 0.191. The van der Waals surface area contributed by atoms with Crippen LogP contribution in [0.25, 0.3) is 6.08 Å². The van der Waals surface area contributed by atoms with Crippen molar-refractivity contribution in [3.63, 3.8) is 0 Å². The fourth-order valence-corrected chi connectivity index (χ4v) is 4.99. The van der Waals surface area contributed by atoms with Gasteiger partial charge >= 0.3 is 10.1 Å². The zero-order valence-corrected chi connectivity index (χ0v) is 21.0. The van der Waals surface area contributed by atoms with E-state index >= 15 is 0 Å². The second-order valence-electron chi connectivity index (χ2n) is 7.38. The molecule has 1 amide bonds. The summed E-state index contributed by atoms with van der Waals surface area (Å²) in [6.07, 6.45) is 1.60. The molecule has 4 rings (SSSR count). The number of hydrogen-bond acceptors (Lipinski definition) is 10. The molecule has 0 bridgehead atoms. The first-order valence-electron chi connectivity index (χ1n) is 10.5. The summed E-state index contributed by atoms with van der Waals surface area (Å²) in [7, 11) is -1.49. The molecule has 190 valence electrons. The van der Waals surface area contributed by atoms with E-state index in [1.807, 2.05) is 0 Å². The van der Waals surface area contributed by atoms with E-state index in [9.17, 15) is 23.3 Å². The number of non-ortho nitro benzene ring substituents is 1. The first kappa shape index (κ1) is 25.7. The first-order valence-corrected chi connectivity index (χ1v) is 12.7. The Morgan fingerprint density at radius 2 is 1.76 bits per heavy atom. The maximum absolute atomic E-state index is 12.7. The topological polar surface area (TPSA) is 146 Å². The van der Waals surface area contributed by atoms with Crippen LogP contribution in [0.2, 0.25) is 0 Å². The van der Waals surface area contributed by atoms with Gasteiger partial charge in [-0.3, -0.25) is 14.9 Å². The van der Waals surface area contributed by atoms with Gasteiger partial charge in [-0.1, -0.05) is 12.1 Å². The summed E-state index contributed by atoms with van der Waals surface area (Å²) < 4.78 is 40.9. The number of nitro benzene ring substituents is 1. The number of carbonyl (C=O) groups excluding carboxylic acids is 1. The van der Waals surface area contributed by atoms with Crippen LogP contribution in [0.3, 0.4) is 0 Å². The molecule has 0 radical (unpaired) electrons. The molecular formula is C24H19N3O8S2. The van der Waals surface area contributed by atoms with Crippen molar-refractivity contribution in [2.75, 3.05) is 14.2 Å². The van der Waals surface area contributed by atoms with E-state index in [1.165, 1.54) is 37.4 Å². The average Bonchev–Trinajstić information content (AvgIpc) is 3.23. The number of amidine groups is 1. The Morgan fingerprint density at radius 3 is 2.43 bits per heavy atom. The van der Waals surface area contributed by atoms with Crippen LogP contribution >= 0.6 is 11.8 Å². The highest BCUT2D eigenvalue weighted by Crippen LogP contribution is 2.34. The number of amides is 1. The highest BCUT2D eigenvalue weighted by atomic mass is 32.2. The number of nitrogens with zero attached hydrogens (tertiary/aromatic N) is 2. The van der Waals surface area contributed by atoms with E-state index in [1.54, 1.807) is 43.5 Å². The lowest BCUT2D eigenvalue weighted by Crippen LogP contribution is -2.19. The largest absolute Gasteiger partial charge is 0.497 e. The van der Waals surface area contributed by atoms with Crippen LogP contribution in [0.15, 0.2) is 81.5 Å². The third kappa shape index (κ3) is 6.08. The van der Waals surface area contributed by atoms with Crippen LogP contribution in [-0.2, 0) is 14.9 Å². The number of nitrogens with one attached hydrogen (secondary N) is 1. The molecule has 37 heavy (non-hydrogen) atoms. The summed E-state index contributed by atoms with van der Waals surface area (Å²) in [6.45, 7) is 0. The molecule has 3 aromatic carbocycles. The summed E-state index contributed by atoms with van der Waals surface area (Å²) >= 11 is 1.14. The minimum atomic E-state index is -4.38. The van der Waals surface area contributed by atoms with Crippen molar-refractivity contribution in [1.29, 1.82) is 0 Å². The molecule has 0 spiro atoms. The van der Waals surface area contributed by atoms with E-state index in [4.69, 9.17) is 13.7 Å². The number of aliphatic imine (C=N–C) groups is 1. The SMILES string of the molecule is COc1ccc(N=C2NC(=O)/C(=C/c3ccc(OS(=O)(=O)c4cccc([N+](=O)[O-])c4)c(OC)c3)S2)cc1. The molecule has 11 nitrogen and oxygen atoms in total. The van der Waals surface area contributed by atoms with Crippen molar-refractivity contribution in [2.24, 2.45) is 4.99 Å². The number of rotatable bonds is 8. The molecule has 3 aromatic rings. The van der Waals surface area contributed by atoms with Crippen LogP contribution in [-0.4, -0.2) is 38.6 Å². The van der Waals surface area contributed by atoms with Gasteiger partial charge < -0.3 is 19.0 Å². The Hall–Kier alpha value is -4.36. The molecule has 13 heteroatoms. The molecule has 1 aliphatic heterocycles. The molecule has 0 aliphatic carbocycles. The van der Waals surface area contributed by atoms with Crippen molar-refractivity contribution in [3.8, 4) is 17.2 Å². The third-order valence-corrected chi connectivity index (χ3v) is 7.10. The van der Waals surface area contributed by atoms with Crippen molar-refractivity contribution < 1.29 is 31.8 Å². The average molecular weight is 542 g/mol. The van der Waals surface area contributed by atoms with Gasteiger partial charge in [0, 0.05) is 12.1 Å². The van der Waals surface area contributed by atoms with Gasteiger partial charge in [-0.2, -0.15) is 8.42 Å². The van der Waals surface area contributed by atoms with Gasteiger partial charge in [0.1, 0.15) is 10.6 Å². The maximum atomic E-state index is 12.7. The number of carbonyl (C=O) groups is 1. The second-order valence-corrected chi connectivity index (χ2v) is 9.96. The zero-order chi connectivity index (χ0) is 26.6. The van der Waals surface area contributed by atoms with Crippen molar-refractivity contribution in [1.82, 2.24) is 5.32 Å². The number of methoxy groups -OCH3 is 2. The molecule has 1 aliphatic rings. The number of benzene rings is 3. The Bertz CT molecular complexity index is 1530. The number of hydrogen-bond donors (Lipinski definition) is 1. The highest BCUT2D eigenvalue weighted by molar-refractivity contribution is 8.18. The minimum Gasteiger partial charge on any atom is -0.497 e. The van der Waals surface area contributed by atoms with Crippen LogP contribution < -0.4 is 19.0 Å².